The van der Waals surface area contributed by atoms with Gasteiger partial charge in [-0.25, -0.2) is 0 Å². The lowest BCUT2D eigenvalue weighted by molar-refractivity contribution is -0.137. The number of hydrogen-bond donors (Lipinski definition) is 2. The number of aliphatic carboxylic acids is 1. The number of ether oxygens (including phenoxy) is 1. The molecule has 1 aliphatic heterocycles. The van der Waals surface area contributed by atoms with E-state index < -0.39 is 17.8 Å². The third-order valence-electron chi connectivity index (χ3n) is 5.76. The Kier molecular flexibility index (Phi) is 4.64. The van der Waals surface area contributed by atoms with Gasteiger partial charge in [-0.15, -0.1) is 0 Å². The highest BCUT2D eigenvalue weighted by Crippen LogP contribution is 2.42. The maximum atomic E-state index is 12.9. The van der Waals surface area contributed by atoms with Gasteiger partial charge < -0.3 is 14.4 Å². The number of carbonyl (C=O) groups excluding carboxylic acids is 2. The number of halogens is 1. The topological polar surface area (TPSA) is 97.6 Å². The van der Waals surface area contributed by atoms with E-state index in [0.29, 0.717) is 38.2 Å². The van der Waals surface area contributed by atoms with Crippen LogP contribution in [0.15, 0.2) is 48.5 Å². The highest BCUT2D eigenvalue weighted by Gasteiger charge is 2.35. The van der Waals surface area contributed by atoms with Crippen molar-refractivity contribution in [1.82, 2.24) is 9.88 Å². The van der Waals surface area contributed by atoms with Crippen LogP contribution in [0.1, 0.15) is 27.1 Å². The van der Waals surface area contributed by atoms with Gasteiger partial charge in [-0.2, -0.15) is 0 Å². The van der Waals surface area contributed by atoms with E-state index in [-0.39, 0.29) is 24.1 Å². The molecule has 3 aromatic carbocycles. The molecule has 7 nitrogen and oxygen atoms in total. The molecule has 2 N–H and O–H groups in total. The van der Waals surface area contributed by atoms with Crippen molar-refractivity contribution in [2.24, 2.45) is 0 Å². The number of amides is 2. The van der Waals surface area contributed by atoms with Gasteiger partial charge in [0.25, 0.3) is 11.8 Å². The van der Waals surface area contributed by atoms with Crippen molar-refractivity contribution in [3.63, 3.8) is 0 Å². The third kappa shape index (κ3) is 2.93. The zero-order valence-corrected chi connectivity index (χ0v) is 17.7. The van der Waals surface area contributed by atoms with E-state index in [2.05, 4.69) is 5.32 Å². The minimum absolute atomic E-state index is 0.103. The number of aromatic nitrogens is 1. The van der Waals surface area contributed by atoms with Crippen LogP contribution in [0.5, 0.6) is 5.75 Å². The molecule has 0 spiro atoms. The first kappa shape index (κ1) is 20.1. The molecule has 2 heterocycles. The summed E-state index contributed by atoms with van der Waals surface area (Å²) in [5.41, 5.74) is 3.05. The fourth-order valence-corrected chi connectivity index (χ4v) is 4.63. The lowest BCUT2D eigenvalue weighted by atomic mass is 9.93. The fraction of sp³-hybridized carbons (Fsp3) is 0.125. The number of carboxylic acids is 1. The van der Waals surface area contributed by atoms with Crippen molar-refractivity contribution < 1.29 is 24.2 Å². The van der Waals surface area contributed by atoms with Crippen molar-refractivity contribution in [3.8, 4) is 16.9 Å². The molecule has 32 heavy (non-hydrogen) atoms. The normalized spacial score (nSPS) is 12.9. The Morgan fingerprint density at radius 1 is 1.03 bits per heavy atom. The van der Waals surface area contributed by atoms with Crippen LogP contribution in [0.2, 0.25) is 5.02 Å². The zero-order valence-electron chi connectivity index (χ0n) is 16.9. The standard InChI is InChI=1S/C24H17ClN2O5/c1-32-12-6-7-17-15(10-12)20-18(27(17)9-8-19(28)29)11-14(13-4-2-3-5-16(13)25)21-22(20)24(31)26-23(21)30/h2-7,10-11H,8-9H2,1H3,(H,28,29)(H,26,30,31). The van der Waals surface area contributed by atoms with Crippen LogP contribution >= 0.6 is 11.6 Å². The Bertz CT molecular complexity index is 1470. The second-order valence-corrected chi connectivity index (χ2v) is 7.92. The minimum atomic E-state index is -0.936. The van der Waals surface area contributed by atoms with E-state index in [0.717, 1.165) is 5.52 Å². The summed E-state index contributed by atoms with van der Waals surface area (Å²) in [6.45, 7) is 0.192. The Labute approximate surface area is 187 Å². The smallest absolute Gasteiger partial charge is 0.305 e. The number of carboxylic acid groups (broad SMARTS) is 1. The van der Waals surface area contributed by atoms with E-state index >= 15 is 0 Å². The van der Waals surface area contributed by atoms with Crippen LogP contribution in [0, 0.1) is 0 Å². The van der Waals surface area contributed by atoms with E-state index in [1.807, 2.05) is 16.7 Å². The molecule has 0 aliphatic carbocycles. The Morgan fingerprint density at radius 3 is 2.50 bits per heavy atom. The summed E-state index contributed by atoms with van der Waals surface area (Å²) in [6, 6.07) is 14.3. The van der Waals surface area contributed by atoms with Crippen molar-refractivity contribution in [2.45, 2.75) is 13.0 Å². The summed E-state index contributed by atoms with van der Waals surface area (Å²) in [7, 11) is 1.54. The molecule has 0 unspecified atom stereocenters. The van der Waals surface area contributed by atoms with Gasteiger partial charge in [-0.05, 0) is 35.9 Å². The number of nitrogens with zero attached hydrogens (tertiary/aromatic N) is 1. The lowest BCUT2D eigenvalue weighted by Gasteiger charge is -2.12. The van der Waals surface area contributed by atoms with Gasteiger partial charge in [-0.3, -0.25) is 19.7 Å². The van der Waals surface area contributed by atoms with Crippen molar-refractivity contribution >= 4 is 51.2 Å². The van der Waals surface area contributed by atoms with Crippen LogP contribution in [-0.4, -0.2) is 34.6 Å². The predicted molar refractivity (Wildman–Crippen MR) is 120 cm³/mol. The number of fused-ring (bicyclic) bond motifs is 5. The van der Waals surface area contributed by atoms with E-state index in [1.165, 1.54) is 0 Å². The number of rotatable bonds is 5. The van der Waals surface area contributed by atoms with Crippen LogP contribution in [-0.2, 0) is 11.3 Å². The summed E-state index contributed by atoms with van der Waals surface area (Å²) < 4.78 is 7.22. The zero-order chi connectivity index (χ0) is 22.6. The monoisotopic (exact) mass is 448 g/mol. The average molecular weight is 449 g/mol. The summed E-state index contributed by atoms with van der Waals surface area (Å²) in [6.07, 6.45) is -0.103. The highest BCUT2D eigenvalue weighted by molar-refractivity contribution is 6.36. The van der Waals surface area contributed by atoms with Crippen molar-refractivity contribution in [1.29, 1.82) is 0 Å². The molecule has 0 radical (unpaired) electrons. The number of imide groups is 1. The molecule has 160 valence electrons. The van der Waals surface area contributed by atoms with Crippen molar-refractivity contribution in [3.05, 3.63) is 64.7 Å². The summed E-state index contributed by atoms with van der Waals surface area (Å²) >= 11 is 6.44. The first-order valence-corrected chi connectivity index (χ1v) is 10.3. The minimum Gasteiger partial charge on any atom is -0.497 e. The number of aryl methyl sites for hydroxylation is 1. The van der Waals surface area contributed by atoms with Gasteiger partial charge in [-0.1, -0.05) is 29.8 Å². The van der Waals surface area contributed by atoms with Gasteiger partial charge in [0.1, 0.15) is 5.75 Å². The molecule has 1 aromatic heterocycles. The number of benzene rings is 3. The van der Waals surface area contributed by atoms with Crippen LogP contribution in [0.4, 0.5) is 0 Å². The van der Waals surface area contributed by atoms with Gasteiger partial charge in [0.05, 0.1) is 30.2 Å². The molecular formula is C24H17ClN2O5. The second kappa shape index (κ2) is 7.39. The van der Waals surface area contributed by atoms with Gasteiger partial charge in [0.15, 0.2) is 0 Å². The number of methoxy groups -OCH3 is 1. The first-order chi connectivity index (χ1) is 15.4. The second-order valence-electron chi connectivity index (χ2n) is 7.51. The summed E-state index contributed by atoms with van der Waals surface area (Å²) in [5.74, 6) is -1.34. The molecule has 4 aromatic rings. The molecule has 8 heteroatoms. The number of nitrogens with one attached hydrogen (secondary N) is 1. The van der Waals surface area contributed by atoms with Crippen molar-refractivity contribution in [2.75, 3.05) is 7.11 Å². The number of carbonyl (C=O) groups is 3. The summed E-state index contributed by atoms with van der Waals surface area (Å²) in [4.78, 5) is 37.1. The molecule has 1 aliphatic rings. The maximum absolute atomic E-state index is 12.9. The van der Waals surface area contributed by atoms with Crippen LogP contribution < -0.4 is 10.1 Å². The van der Waals surface area contributed by atoms with Crippen LogP contribution in [0.3, 0.4) is 0 Å². The number of hydrogen-bond acceptors (Lipinski definition) is 4. The van der Waals surface area contributed by atoms with Gasteiger partial charge in [0.2, 0.25) is 0 Å². The summed E-state index contributed by atoms with van der Waals surface area (Å²) in [5, 5.41) is 13.4. The molecule has 0 saturated heterocycles. The largest absolute Gasteiger partial charge is 0.497 e. The molecule has 0 atom stereocenters. The molecule has 0 saturated carbocycles. The van der Waals surface area contributed by atoms with E-state index in [1.54, 1.807) is 43.5 Å². The Balaban J connectivity index is 1.96. The quantitative estimate of drug-likeness (QED) is 0.439. The Hall–Kier alpha value is -3.84. The molecular weight excluding hydrogens is 432 g/mol. The predicted octanol–water partition coefficient (Wildman–Crippen LogP) is 4.48. The SMILES string of the molecule is COc1ccc2c(c1)c1c3c(c(-c4ccccc4Cl)cc1n2CCC(=O)O)C(=O)NC3=O. The van der Waals surface area contributed by atoms with Gasteiger partial charge >= 0.3 is 5.97 Å². The molecule has 0 fully saturated rings. The fourth-order valence-electron chi connectivity index (χ4n) is 4.39. The van der Waals surface area contributed by atoms with E-state index in [9.17, 15) is 19.5 Å². The van der Waals surface area contributed by atoms with Crippen LogP contribution in [0.25, 0.3) is 32.9 Å². The lowest BCUT2D eigenvalue weighted by Crippen LogP contribution is -2.20. The highest BCUT2D eigenvalue weighted by atomic mass is 35.5. The molecule has 2 amide bonds. The Morgan fingerprint density at radius 2 is 1.78 bits per heavy atom. The first-order valence-electron chi connectivity index (χ1n) is 9.90. The van der Waals surface area contributed by atoms with E-state index in [4.69, 9.17) is 16.3 Å². The molecule has 5 rings (SSSR count). The average Bonchev–Trinajstić information content (AvgIpc) is 3.24. The third-order valence-corrected chi connectivity index (χ3v) is 6.09. The maximum Gasteiger partial charge on any atom is 0.305 e. The van der Waals surface area contributed by atoms with Gasteiger partial charge in [0, 0.05) is 33.4 Å². The molecule has 0 bridgehead atoms.